The van der Waals surface area contributed by atoms with Crippen molar-refractivity contribution in [2.24, 2.45) is 0 Å². The Balaban J connectivity index is 2.88. The molecule has 0 aromatic carbocycles. The number of aldehydes is 1. The van der Waals surface area contributed by atoms with Gasteiger partial charge in [-0.3, -0.25) is 14.3 Å². The van der Waals surface area contributed by atoms with Crippen LogP contribution in [0.2, 0.25) is 0 Å². The van der Waals surface area contributed by atoms with Crippen LogP contribution in [0.25, 0.3) is 5.65 Å². The van der Waals surface area contributed by atoms with E-state index in [4.69, 9.17) is 0 Å². The number of carbonyl (C=O) groups is 1. The smallest absolute Gasteiger partial charge is 0.153 e. The molecule has 2 rings (SSSR count). The van der Waals surface area contributed by atoms with Crippen LogP contribution in [0.4, 0.5) is 0 Å². The quantitative estimate of drug-likeness (QED) is 0.578. The van der Waals surface area contributed by atoms with Crippen molar-refractivity contribution >= 4 is 11.9 Å². The summed E-state index contributed by atoms with van der Waals surface area (Å²) in [6.07, 6.45) is 4.19. The van der Waals surface area contributed by atoms with Crippen molar-refractivity contribution in [2.45, 2.75) is 0 Å². The van der Waals surface area contributed by atoms with Crippen LogP contribution in [-0.2, 0) is 0 Å². The summed E-state index contributed by atoms with van der Waals surface area (Å²) in [5.41, 5.74) is 1.38. The summed E-state index contributed by atoms with van der Waals surface area (Å²) in [6.45, 7) is 0. The Kier molecular flexibility index (Phi) is 0.887. The topological polar surface area (TPSA) is 50.2 Å². The predicted molar refractivity (Wildman–Crippen MR) is 34.9 cm³/mol. The highest BCUT2D eigenvalue weighted by atomic mass is 16.1. The lowest BCUT2D eigenvalue weighted by Crippen LogP contribution is -1.77. The van der Waals surface area contributed by atoms with Gasteiger partial charge in [-0.1, -0.05) is 0 Å². The molecule has 0 aliphatic carbocycles. The molecule has 0 bridgehead atoms. The third-order valence-electron chi connectivity index (χ3n) is 1.43. The van der Waals surface area contributed by atoms with Gasteiger partial charge in [-0.2, -0.15) is 5.10 Å². The normalized spacial score (nSPS) is 10.4. The van der Waals surface area contributed by atoms with Crippen LogP contribution in [0, 0.1) is 0 Å². The molecule has 50 valence electrons. The Morgan fingerprint density at radius 1 is 1.70 bits per heavy atom. The van der Waals surface area contributed by atoms with Gasteiger partial charge in [0, 0.05) is 6.20 Å². The third kappa shape index (κ3) is 0.500. The zero-order chi connectivity index (χ0) is 6.97. The van der Waals surface area contributed by atoms with Gasteiger partial charge >= 0.3 is 0 Å². The fourth-order valence-corrected chi connectivity index (χ4v) is 0.929. The average Bonchev–Trinajstić information content (AvgIpc) is 2.44. The van der Waals surface area contributed by atoms with Crippen LogP contribution < -0.4 is 0 Å². The largest absolute Gasteiger partial charge is 0.298 e. The maximum atomic E-state index is 10.3. The van der Waals surface area contributed by atoms with Crippen LogP contribution in [-0.4, -0.2) is 20.9 Å². The highest BCUT2D eigenvalue weighted by Crippen LogP contribution is 2.04. The Morgan fingerprint density at radius 2 is 2.60 bits per heavy atom. The van der Waals surface area contributed by atoms with Crippen molar-refractivity contribution in [3.63, 3.8) is 0 Å². The van der Waals surface area contributed by atoms with E-state index in [9.17, 15) is 4.79 Å². The molecule has 4 heteroatoms. The molecule has 2 heterocycles. The Hall–Kier alpha value is -1.58. The first-order valence-corrected chi connectivity index (χ1v) is 2.87. The molecule has 0 aliphatic heterocycles. The molecule has 0 spiro atoms. The number of hydrogen-bond donors (Lipinski definition) is 1. The van der Waals surface area contributed by atoms with Crippen LogP contribution in [0.5, 0.6) is 0 Å². The van der Waals surface area contributed by atoms with Gasteiger partial charge in [0.1, 0.15) is 12.0 Å². The zero-order valence-corrected chi connectivity index (χ0v) is 5.11. The minimum Gasteiger partial charge on any atom is -0.298 e. The summed E-state index contributed by atoms with van der Waals surface area (Å²) < 4.78 is 1.75. The second-order valence-corrected chi connectivity index (χ2v) is 2.00. The predicted octanol–water partition coefficient (Wildman–Crippen LogP) is 0.475. The second-order valence-electron chi connectivity index (χ2n) is 2.00. The number of carbonyl (C=O) groups excluding carboxylic acids is 1. The fourth-order valence-electron chi connectivity index (χ4n) is 0.929. The average molecular weight is 135 g/mol. The van der Waals surface area contributed by atoms with Gasteiger partial charge in [-0.15, -0.1) is 0 Å². The molecule has 4 nitrogen and oxygen atoms in total. The fraction of sp³-hybridized carbons (Fsp3) is 0. The standard InChI is InChI=1S/C6H5N3O/c10-3-5-1-2-9-4-7-8-6(5)9/h1-4,8H. The molecule has 10 heavy (non-hydrogen) atoms. The molecule has 1 N–H and O–H groups in total. The first-order chi connectivity index (χ1) is 4.92. The molecule has 0 fully saturated rings. The van der Waals surface area contributed by atoms with Crippen LogP contribution >= 0.6 is 0 Å². The SMILES string of the molecule is O=Cc1ccn2cn[nH]c12. The van der Waals surface area contributed by atoms with Crippen molar-refractivity contribution in [2.75, 3.05) is 0 Å². The number of aromatic nitrogens is 3. The van der Waals surface area contributed by atoms with E-state index in [1.807, 2.05) is 0 Å². The van der Waals surface area contributed by atoms with Crippen molar-refractivity contribution in [3.8, 4) is 0 Å². The van der Waals surface area contributed by atoms with Gasteiger partial charge in [-0.25, -0.2) is 0 Å². The van der Waals surface area contributed by atoms with Crippen LogP contribution in [0.3, 0.4) is 0 Å². The van der Waals surface area contributed by atoms with E-state index >= 15 is 0 Å². The summed E-state index contributed by atoms with van der Waals surface area (Å²) in [7, 11) is 0. The van der Waals surface area contributed by atoms with E-state index in [1.165, 1.54) is 0 Å². The van der Waals surface area contributed by atoms with E-state index in [0.717, 1.165) is 11.9 Å². The summed E-state index contributed by atoms with van der Waals surface area (Å²) in [6, 6.07) is 1.74. The molecule has 0 saturated heterocycles. The first-order valence-electron chi connectivity index (χ1n) is 2.87. The molecular weight excluding hydrogens is 130 g/mol. The summed E-state index contributed by atoms with van der Waals surface area (Å²) in [5, 5.41) is 6.45. The Bertz CT molecular complexity index is 360. The van der Waals surface area contributed by atoms with Gasteiger partial charge in [0.2, 0.25) is 0 Å². The zero-order valence-electron chi connectivity index (χ0n) is 5.11. The summed E-state index contributed by atoms with van der Waals surface area (Å²) >= 11 is 0. The van der Waals surface area contributed by atoms with E-state index in [2.05, 4.69) is 10.2 Å². The monoisotopic (exact) mass is 135 g/mol. The number of nitrogens with zero attached hydrogens (tertiary/aromatic N) is 2. The van der Waals surface area contributed by atoms with E-state index in [1.54, 1.807) is 23.0 Å². The van der Waals surface area contributed by atoms with Gasteiger partial charge in [0.15, 0.2) is 6.29 Å². The summed E-state index contributed by atoms with van der Waals surface area (Å²) in [5.74, 6) is 0. The lowest BCUT2D eigenvalue weighted by Gasteiger charge is -1.78. The number of fused-ring (bicyclic) bond motifs is 1. The first kappa shape index (κ1) is 5.22. The minimum absolute atomic E-state index is 0.637. The van der Waals surface area contributed by atoms with E-state index in [0.29, 0.717) is 5.56 Å². The molecule has 0 atom stereocenters. The number of nitrogens with one attached hydrogen (secondary N) is 1. The minimum atomic E-state index is 0.637. The highest BCUT2D eigenvalue weighted by molar-refractivity contribution is 5.84. The second kappa shape index (κ2) is 1.70. The molecular formula is C6H5N3O. The molecule has 2 aromatic rings. The lowest BCUT2D eigenvalue weighted by atomic mass is 10.4. The maximum absolute atomic E-state index is 10.3. The maximum Gasteiger partial charge on any atom is 0.153 e. The molecule has 0 unspecified atom stereocenters. The van der Waals surface area contributed by atoms with Crippen molar-refractivity contribution in [1.29, 1.82) is 0 Å². The van der Waals surface area contributed by atoms with Crippen LogP contribution in [0.15, 0.2) is 18.6 Å². The van der Waals surface area contributed by atoms with E-state index in [-0.39, 0.29) is 0 Å². The van der Waals surface area contributed by atoms with Gasteiger partial charge < -0.3 is 0 Å². The molecule has 2 aromatic heterocycles. The number of H-pyrrole nitrogens is 1. The van der Waals surface area contributed by atoms with Gasteiger partial charge in [0.25, 0.3) is 0 Å². The third-order valence-corrected chi connectivity index (χ3v) is 1.43. The van der Waals surface area contributed by atoms with Crippen LogP contribution in [0.1, 0.15) is 10.4 Å². The van der Waals surface area contributed by atoms with Gasteiger partial charge in [-0.05, 0) is 6.07 Å². The number of aromatic amines is 1. The van der Waals surface area contributed by atoms with E-state index < -0.39 is 0 Å². The van der Waals surface area contributed by atoms with Crippen molar-refractivity contribution < 1.29 is 4.79 Å². The highest BCUT2D eigenvalue weighted by Gasteiger charge is 1.99. The Morgan fingerprint density at radius 3 is 3.40 bits per heavy atom. The van der Waals surface area contributed by atoms with Crippen molar-refractivity contribution in [3.05, 3.63) is 24.2 Å². The van der Waals surface area contributed by atoms with Gasteiger partial charge in [0.05, 0.1) is 5.56 Å². The molecule has 0 aliphatic rings. The Labute approximate surface area is 56.5 Å². The summed E-state index contributed by atoms with van der Waals surface area (Å²) in [4.78, 5) is 10.3. The molecule has 0 saturated carbocycles. The van der Waals surface area contributed by atoms with Crippen molar-refractivity contribution in [1.82, 2.24) is 14.6 Å². The number of rotatable bonds is 1. The lowest BCUT2D eigenvalue weighted by molar-refractivity contribution is 0.112. The molecule has 0 radical (unpaired) electrons. The number of hydrogen-bond acceptors (Lipinski definition) is 2. The molecule has 0 amide bonds.